The topological polar surface area (TPSA) is 69.7 Å². The van der Waals surface area contributed by atoms with Crippen molar-refractivity contribution in [3.8, 4) is 0 Å². The smallest absolute Gasteiger partial charge is 0.252 e. The number of halogens is 1. The monoisotopic (exact) mass is 427 g/mol. The van der Waals surface area contributed by atoms with E-state index in [2.05, 4.69) is 22.3 Å². The number of rotatable bonds is 7. The van der Waals surface area contributed by atoms with Gasteiger partial charge in [0.25, 0.3) is 10.0 Å². The minimum absolute atomic E-state index is 0.125. The lowest BCUT2D eigenvalue weighted by molar-refractivity contribution is -0.121. The SMILES string of the molecule is CN(CC(=O)NCc1ccc(N2CCCC2)cc1)S(=O)(=O)c1ccc(Cl)s1. The highest BCUT2D eigenvalue weighted by molar-refractivity contribution is 7.91. The van der Waals surface area contributed by atoms with E-state index < -0.39 is 10.0 Å². The number of carbonyl (C=O) groups is 1. The van der Waals surface area contributed by atoms with Crippen molar-refractivity contribution in [1.82, 2.24) is 9.62 Å². The summed E-state index contributed by atoms with van der Waals surface area (Å²) < 4.78 is 26.4. The van der Waals surface area contributed by atoms with Gasteiger partial charge in [0.1, 0.15) is 4.21 Å². The lowest BCUT2D eigenvalue weighted by Gasteiger charge is -2.18. The quantitative estimate of drug-likeness (QED) is 0.737. The zero-order valence-corrected chi connectivity index (χ0v) is 17.4. The Bertz CT molecular complexity index is 891. The molecule has 1 aromatic heterocycles. The molecule has 2 heterocycles. The van der Waals surface area contributed by atoms with Crippen LogP contribution in [0.25, 0.3) is 0 Å². The Morgan fingerprint density at radius 3 is 2.44 bits per heavy atom. The number of hydrogen-bond acceptors (Lipinski definition) is 5. The Labute approximate surface area is 168 Å². The normalized spacial score (nSPS) is 14.7. The Morgan fingerprint density at radius 1 is 1.19 bits per heavy atom. The lowest BCUT2D eigenvalue weighted by Crippen LogP contribution is -2.37. The number of carbonyl (C=O) groups excluding carboxylic acids is 1. The zero-order chi connectivity index (χ0) is 19.4. The predicted molar refractivity (Wildman–Crippen MR) is 109 cm³/mol. The third kappa shape index (κ3) is 5.01. The molecular weight excluding hydrogens is 406 g/mol. The second-order valence-corrected chi connectivity index (χ2v) is 10.4. The van der Waals surface area contributed by atoms with Gasteiger partial charge in [0.15, 0.2) is 0 Å². The summed E-state index contributed by atoms with van der Waals surface area (Å²) in [5.41, 5.74) is 2.17. The van der Waals surface area contributed by atoms with Crippen molar-refractivity contribution >= 4 is 44.6 Å². The van der Waals surface area contributed by atoms with Crippen LogP contribution >= 0.6 is 22.9 Å². The van der Waals surface area contributed by atoms with Gasteiger partial charge in [-0.25, -0.2) is 8.42 Å². The lowest BCUT2D eigenvalue weighted by atomic mass is 10.2. The van der Waals surface area contributed by atoms with Crippen LogP contribution in [0, 0.1) is 0 Å². The Balaban J connectivity index is 1.51. The van der Waals surface area contributed by atoms with Crippen LogP contribution in [0.1, 0.15) is 18.4 Å². The van der Waals surface area contributed by atoms with E-state index in [4.69, 9.17) is 11.6 Å². The minimum Gasteiger partial charge on any atom is -0.372 e. The van der Waals surface area contributed by atoms with Crippen LogP contribution in [0.2, 0.25) is 4.34 Å². The Hall–Kier alpha value is -1.61. The molecule has 2 aromatic rings. The van der Waals surface area contributed by atoms with Crippen LogP contribution in [0.4, 0.5) is 5.69 Å². The molecule has 1 aromatic carbocycles. The number of anilines is 1. The summed E-state index contributed by atoms with van der Waals surface area (Å²) in [6.07, 6.45) is 2.46. The molecule has 1 aliphatic rings. The molecular formula is C18H22ClN3O3S2. The molecule has 0 atom stereocenters. The highest BCUT2D eigenvalue weighted by Gasteiger charge is 2.24. The molecule has 0 bridgehead atoms. The first-order valence-corrected chi connectivity index (χ1v) is 11.3. The van der Waals surface area contributed by atoms with Gasteiger partial charge in [0.2, 0.25) is 5.91 Å². The third-order valence-corrected chi connectivity index (χ3v) is 7.98. The number of nitrogens with zero attached hydrogens (tertiary/aromatic N) is 2. The first-order chi connectivity index (χ1) is 12.9. The maximum atomic E-state index is 12.4. The van der Waals surface area contributed by atoms with Crippen LogP contribution in [-0.2, 0) is 21.4 Å². The first kappa shape index (κ1) is 20.1. The Kier molecular flexibility index (Phi) is 6.41. The highest BCUT2D eigenvalue weighted by Crippen LogP contribution is 2.27. The second-order valence-electron chi connectivity index (χ2n) is 6.46. The zero-order valence-electron chi connectivity index (χ0n) is 15.0. The van der Waals surface area contributed by atoms with Crippen LogP contribution in [0.15, 0.2) is 40.6 Å². The van der Waals surface area contributed by atoms with Gasteiger partial charge in [-0.15, -0.1) is 11.3 Å². The van der Waals surface area contributed by atoms with E-state index in [1.54, 1.807) is 0 Å². The van der Waals surface area contributed by atoms with Gasteiger partial charge in [-0.05, 0) is 42.7 Å². The molecule has 1 fully saturated rings. The van der Waals surface area contributed by atoms with E-state index in [1.165, 1.54) is 37.7 Å². The highest BCUT2D eigenvalue weighted by atomic mass is 35.5. The molecule has 1 saturated heterocycles. The van der Waals surface area contributed by atoms with Crippen LogP contribution in [0.3, 0.4) is 0 Å². The average molecular weight is 428 g/mol. The van der Waals surface area contributed by atoms with Crippen molar-refractivity contribution in [2.75, 3.05) is 31.6 Å². The predicted octanol–water partition coefficient (Wildman–Crippen LogP) is 2.94. The van der Waals surface area contributed by atoms with Gasteiger partial charge in [-0.1, -0.05) is 23.7 Å². The number of hydrogen-bond donors (Lipinski definition) is 1. The number of sulfonamides is 1. The maximum Gasteiger partial charge on any atom is 0.252 e. The first-order valence-electron chi connectivity index (χ1n) is 8.68. The molecule has 0 saturated carbocycles. The molecule has 27 heavy (non-hydrogen) atoms. The van der Waals surface area contributed by atoms with E-state index in [9.17, 15) is 13.2 Å². The molecule has 1 amide bonds. The summed E-state index contributed by atoms with van der Waals surface area (Å²) in [7, 11) is -2.33. The number of likely N-dealkylation sites (N-methyl/N-ethyl adjacent to an activating group) is 1. The van der Waals surface area contributed by atoms with Crippen LogP contribution in [0.5, 0.6) is 0 Å². The van der Waals surface area contributed by atoms with E-state index in [1.807, 2.05) is 12.1 Å². The van der Waals surface area contributed by atoms with E-state index in [-0.39, 0.29) is 16.7 Å². The van der Waals surface area contributed by atoms with E-state index in [0.29, 0.717) is 10.9 Å². The summed E-state index contributed by atoms with van der Waals surface area (Å²) in [4.78, 5) is 14.5. The van der Waals surface area contributed by atoms with Crippen molar-refractivity contribution in [1.29, 1.82) is 0 Å². The number of thiophene rings is 1. The molecule has 0 spiro atoms. The summed E-state index contributed by atoms with van der Waals surface area (Å²) in [5, 5.41) is 2.77. The summed E-state index contributed by atoms with van der Waals surface area (Å²) in [5.74, 6) is -0.354. The fraction of sp³-hybridized carbons (Fsp3) is 0.389. The van der Waals surface area contributed by atoms with Crippen molar-refractivity contribution in [3.05, 3.63) is 46.3 Å². The number of amides is 1. The fourth-order valence-corrected chi connectivity index (χ4v) is 5.75. The minimum atomic E-state index is -3.71. The third-order valence-electron chi connectivity index (χ3n) is 4.48. The molecule has 0 unspecified atom stereocenters. The van der Waals surface area contributed by atoms with Crippen molar-refractivity contribution < 1.29 is 13.2 Å². The average Bonchev–Trinajstić information content (AvgIpc) is 3.32. The van der Waals surface area contributed by atoms with Gasteiger partial charge in [-0.3, -0.25) is 4.79 Å². The summed E-state index contributed by atoms with van der Waals surface area (Å²) in [6.45, 7) is 2.29. The van der Waals surface area contributed by atoms with Crippen molar-refractivity contribution in [2.45, 2.75) is 23.6 Å². The number of benzene rings is 1. The Morgan fingerprint density at radius 2 is 1.85 bits per heavy atom. The molecule has 146 valence electrons. The molecule has 9 heteroatoms. The van der Waals surface area contributed by atoms with E-state index in [0.717, 1.165) is 34.3 Å². The van der Waals surface area contributed by atoms with Gasteiger partial charge in [0, 0.05) is 32.4 Å². The molecule has 1 aliphatic heterocycles. The molecule has 0 radical (unpaired) electrons. The second kappa shape index (κ2) is 8.60. The van der Waals surface area contributed by atoms with Gasteiger partial charge < -0.3 is 10.2 Å². The fourth-order valence-electron chi connectivity index (χ4n) is 2.93. The number of nitrogens with one attached hydrogen (secondary N) is 1. The van der Waals surface area contributed by atoms with Crippen molar-refractivity contribution in [2.24, 2.45) is 0 Å². The summed E-state index contributed by atoms with van der Waals surface area (Å²) >= 11 is 6.77. The molecule has 0 aliphatic carbocycles. The molecule has 1 N–H and O–H groups in total. The largest absolute Gasteiger partial charge is 0.372 e. The van der Waals surface area contributed by atoms with Gasteiger partial charge in [0.05, 0.1) is 10.9 Å². The summed E-state index contributed by atoms with van der Waals surface area (Å²) in [6, 6.07) is 11.1. The standard InChI is InChI=1S/C18H22ClN3O3S2/c1-21(27(24,25)18-9-8-16(19)26-18)13-17(23)20-12-14-4-6-15(7-5-14)22-10-2-3-11-22/h4-9H,2-3,10-13H2,1H3,(H,20,23). The molecule has 3 rings (SSSR count). The maximum absolute atomic E-state index is 12.4. The van der Waals surface area contributed by atoms with Gasteiger partial charge >= 0.3 is 0 Å². The molecule has 6 nitrogen and oxygen atoms in total. The van der Waals surface area contributed by atoms with E-state index >= 15 is 0 Å². The van der Waals surface area contributed by atoms with Crippen LogP contribution in [-0.4, -0.2) is 45.3 Å². The van der Waals surface area contributed by atoms with Crippen molar-refractivity contribution in [3.63, 3.8) is 0 Å². The van der Waals surface area contributed by atoms with Gasteiger partial charge in [-0.2, -0.15) is 4.31 Å². The van der Waals surface area contributed by atoms with Crippen LogP contribution < -0.4 is 10.2 Å².